The molecule has 0 radical (unpaired) electrons. The molecule has 0 amide bonds. The van der Waals surface area contributed by atoms with Crippen molar-refractivity contribution in [2.24, 2.45) is 5.16 Å². The highest BCUT2D eigenvalue weighted by Gasteiger charge is 2.21. The molecule has 0 fully saturated rings. The van der Waals surface area contributed by atoms with Gasteiger partial charge in [0.2, 0.25) is 0 Å². The van der Waals surface area contributed by atoms with Gasteiger partial charge < -0.3 is 9.57 Å². The number of hydrogen-bond donors (Lipinski definition) is 0. The fourth-order valence-electron chi connectivity index (χ4n) is 2.94. The SMILES string of the molecule is CCCCC1CC(c2ccc(C(=O)Oc3ccc(CC)cc3)cc2)=NO1. The number of esters is 1. The maximum Gasteiger partial charge on any atom is 0.343 e. The summed E-state index contributed by atoms with van der Waals surface area (Å²) in [6, 6.07) is 15.0. The lowest BCUT2D eigenvalue weighted by Gasteiger charge is -2.07. The Kier molecular flexibility index (Phi) is 6.05. The number of rotatable bonds is 7. The summed E-state index contributed by atoms with van der Waals surface area (Å²) in [6.07, 6.45) is 5.31. The molecule has 136 valence electrons. The van der Waals surface area contributed by atoms with Crippen LogP contribution in [0.5, 0.6) is 5.75 Å². The zero-order chi connectivity index (χ0) is 18.4. The van der Waals surface area contributed by atoms with Crippen molar-refractivity contribution >= 4 is 11.7 Å². The fraction of sp³-hybridized carbons (Fsp3) is 0.364. The van der Waals surface area contributed by atoms with E-state index in [1.165, 1.54) is 5.56 Å². The molecule has 0 bridgehead atoms. The first kappa shape index (κ1) is 18.2. The predicted molar refractivity (Wildman–Crippen MR) is 103 cm³/mol. The topological polar surface area (TPSA) is 47.9 Å². The van der Waals surface area contributed by atoms with Gasteiger partial charge in [0.05, 0.1) is 11.3 Å². The van der Waals surface area contributed by atoms with Crippen LogP contribution in [0.4, 0.5) is 0 Å². The third-order valence-corrected chi connectivity index (χ3v) is 4.61. The van der Waals surface area contributed by atoms with Crippen molar-refractivity contribution in [2.45, 2.75) is 52.1 Å². The molecule has 1 atom stereocenters. The van der Waals surface area contributed by atoms with Crippen LogP contribution in [0.2, 0.25) is 0 Å². The van der Waals surface area contributed by atoms with Crippen LogP contribution < -0.4 is 4.74 Å². The van der Waals surface area contributed by atoms with Crippen LogP contribution in [-0.4, -0.2) is 17.8 Å². The van der Waals surface area contributed by atoms with Crippen LogP contribution in [0.1, 0.15) is 61.0 Å². The molecule has 1 heterocycles. The van der Waals surface area contributed by atoms with Gasteiger partial charge in [-0.1, -0.05) is 49.7 Å². The van der Waals surface area contributed by atoms with Crippen LogP contribution in [0.15, 0.2) is 53.7 Å². The molecular weight excluding hydrogens is 326 g/mol. The summed E-state index contributed by atoms with van der Waals surface area (Å²) in [4.78, 5) is 17.8. The molecule has 1 unspecified atom stereocenters. The Bertz CT molecular complexity index is 763. The van der Waals surface area contributed by atoms with Crippen molar-refractivity contribution in [1.82, 2.24) is 0 Å². The van der Waals surface area contributed by atoms with Crippen LogP contribution in [0.3, 0.4) is 0 Å². The Morgan fingerprint density at radius 2 is 1.85 bits per heavy atom. The molecule has 0 saturated heterocycles. The summed E-state index contributed by atoms with van der Waals surface area (Å²) in [5, 5.41) is 4.20. The average molecular weight is 351 g/mol. The quantitative estimate of drug-likeness (QED) is 0.512. The van der Waals surface area contributed by atoms with E-state index in [0.717, 1.165) is 43.4 Å². The monoisotopic (exact) mass is 351 g/mol. The van der Waals surface area contributed by atoms with Gasteiger partial charge in [0, 0.05) is 6.42 Å². The summed E-state index contributed by atoms with van der Waals surface area (Å²) in [7, 11) is 0. The molecule has 4 nitrogen and oxygen atoms in total. The summed E-state index contributed by atoms with van der Waals surface area (Å²) in [5.74, 6) is 0.204. The number of aryl methyl sites for hydroxylation is 1. The molecule has 0 saturated carbocycles. The van der Waals surface area contributed by atoms with Gasteiger partial charge in [0.15, 0.2) is 0 Å². The maximum atomic E-state index is 12.3. The second-order valence-corrected chi connectivity index (χ2v) is 6.58. The van der Waals surface area contributed by atoms with Crippen molar-refractivity contribution in [3.05, 3.63) is 65.2 Å². The largest absolute Gasteiger partial charge is 0.423 e. The van der Waals surface area contributed by atoms with Gasteiger partial charge in [-0.3, -0.25) is 0 Å². The first-order valence-corrected chi connectivity index (χ1v) is 9.33. The highest BCUT2D eigenvalue weighted by molar-refractivity contribution is 6.02. The molecule has 2 aromatic carbocycles. The summed E-state index contributed by atoms with van der Waals surface area (Å²) in [5.41, 5.74) is 3.68. The lowest BCUT2D eigenvalue weighted by molar-refractivity contribution is 0.0734. The second-order valence-electron chi connectivity index (χ2n) is 6.58. The zero-order valence-corrected chi connectivity index (χ0v) is 15.4. The fourth-order valence-corrected chi connectivity index (χ4v) is 2.94. The number of unbranched alkanes of at least 4 members (excludes halogenated alkanes) is 1. The molecule has 2 aromatic rings. The number of ether oxygens (including phenoxy) is 1. The summed E-state index contributed by atoms with van der Waals surface area (Å²) in [6.45, 7) is 4.26. The van der Waals surface area contributed by atoms with Crippen LogP contribution in [0, 0.1) is 0 Å². The van der Waals surface area contributed by atoms with Gasteiger partial charge in [-0.25, -0.2) is 4.79 Å². The Hall–Kier alpha value is -2.62. The molecule has 0 spiro atoms. The summed E-state index contributed by atoms with van der Waals surface area (Å²) >= 11 is 0. The third kappa shape index (κ3) is 4.51. The molecular formula is C22H25NO3. The second kappa shape index (κ2) is 8.65. The highest BCUT2D eigenvalue weighted by Crippen LogP contribution is 2.21. The van der Waals surface area contributed by atoms with Gasteiger partial charge in [-0.2, -0.15) is 0 Å². The van der Waals surface area contributed by atoms with Gasteiger partial charge >= 0.3 is 5.97 Å². The van der Waals surface area contributed by atoms with E-state index in [4.69, 9.17) is 9.57 Å². The average Bonchev–Trinajstić information content (AvgIpc) is 3.16. The number of nitrogens with zero attached hydrogens (tertiary/aromatic N) is 1. The van der Waals surface area contributed by atoms with Crippen LogP contribution in [-0.2, 0) is 11.3 Å². The molecule has 0 aliphatic carbocycles. The van der Waals surface area contributed by atoms with E-state index in [1.54, 1.807) is 12.1 Å². The van der Waals surface area contributed by atoms with Crippen molar-refractivity contribution in [1.29, 1.82) is 0 Å². The Balaban J connectivity index is 1.59. The predicted octanol–water partition coefficient (Wildman–Crippen LogP) is 5.15. The van der Waals surface area contributed by atoms with Crippen LogP contribution in [0.25, 0.3) is 0 Å². The molecule has 1 aliphatic heterocycles. The van der Waals surface area contributed by atoms with Gasteiger partial charge in [-0.05, 0) is 54.7 Å². The van der Waals surface area contributed by atoms with E-state index in [9.17, 15) is 4.79 Å². The van der Waals surface area contributed by atoms with E-state index in [2.05, 4.69) is 19.0 Å². The number of carbonyl (C=O) groups excluding carboxylic acids is 1. The Morgan fingerprint density at radius 1 is 1.12 bits per heavy atom. The van der Waals surface area contributed by atoms with E-state index < -0.39 is 0 Å². The van der Waals surface area contributed by atoms with Gasteiger partial charge in [0.25, 0.3) is 0 Å². The molecule has 3 rings (SSSR count). The molecule has 1 aliphatic rings. The van der Waals surface area contributed by atoms with E-state index in [0.29, 0.717) is 11.3 Å². The number of carbonyl (C=O) groups is 1. The lowest BCUT2D eigenvalue weighted by Crippen LogP contribution is -2.10. The van der Waals surface area contributed by atoms with Gasteiger partial charge in [0.1, 0.15) is 11.9 Å². The Morgan fingerprint density at radius 3 is 2.50 bits per heavy atom. The molecule has 0 N–H and O–H groups in total. The number of benzene rings is 2. The zero-order valence-electron chi connectivity index (χ0n) is 15.4. The minimum absolute atomic E-state index is 0.181. The normalized spacial score (nSPS) is 16.1. The van der Waals surface area contributed by atoms with Crippen molar-refractivity contribution in [2.75, 3.05) is 0 Å². The lowest BCUT2D eigenvalue weighted by atomic mass is 10.0. The first-order chi connectivity index (χ1) is 12.7. The third-order valence-electron chi connectivity index (χ3n) is 4.61. The molecule has 26 heavy (non-hydrogen) atoms. The Labute approximate surface area is 154 Å². The van der Waals surface area contributed by atoms with Crippen molar-refractivity contribution < 1.29 is 14.4 Å². The summed E-state index contributed by atoms with van der Waals surface area (Å²) < 4.78 is 5.43. The van der Waals surface area contributed by atoms with Crippen molar-refractivity contribution in [3.63, 3.8) is 0 Å². The first-order valence-electron chi connectivity index (χ1n) is 9.33. The number of oxime groups is 1. The van der Waals surface area contributed by atoms with E-state index in [1.807, 2.05) is 36.4 Å². The van der Waals surface area contributed by atoms with E-state index >= 15 is 0 Å². The van der Waals surface area contributed by atoms with E-state index in [-0.39, 0.29) is 12.1 Å². The molecule has 4 heteroatoms. The highest BCUT2D eigenvalue weighted by atomic mass is 16.6. The smallest absolute Gasteiger partial charge is 0.343 e. The standard InChI is InChI=1S/C22H25NO3/c1-3-5-6-20-15-21(23-26-20)17-9-11-18(12-10-17)22(24)25-19-13-7-16(4-2)8-14-19/h7-14,20H,3-6,15H2,1-2H3. The van der Waals surface area contributed by atoms with Gasteiger partial charge in [-0.15, -0.1) is 0 Å². The van der Waals surface area contributed by atoms with Crippen LogP contribution >= 0.6 is 0 Å². The maximum absolute atomic E-state index is 12.3. The molecule has 0 aromatic heterocycles. The number of hydrogen-bond acceptors (Lipinski definition) is 4. The van der Waals surface area contributed by atoms with Crippen molar-refractivity contribution in [3.8, 4) is 5.75 Å². The minimum atomic E-state index is -0.355. The minimum Gasteiger partial charge on any atom is -0.423 e.